The molecule has 2 aromatic carbocycles. The topological polar surface area (TPSA) is 36.2 Å². The number of benzene rings is 2. The first-order chi connectivity index (χ1) is 11.9. The Bertz CT molecular complexity index is 983. The van der Waals surface area contributed by atoms with E-state index in [1.54, 1.807) is 36.0 Å². The second-order valence-corrected chi connectivity index (χ2v) is 6.98. The molecule has 0 saturated carbocycles. The highest BCUT2D eigenvalue weighted by atomic mass is 79.9. The van der Waals surface area contributed by atoms with Gasteiger partial charge in [0.15, 0.2) is 0 Å². The number of halogens is 4. The predicted octanol–water partition coefficient (Wildman–Crippen LogP) is 4.65. The van der Waals surface area contributed by atoms with Gasteiger partial charge in [-0.1, -0.05) is 37.9 Å². The lowest BCUT2D eigenvalue weighted by Gasteiger charge is -2.15. The van der Waals surface area contributed by atoms with Crippen LogP contribution in [0.1, 0.15) is 11.1 Å². The lowest BCUT2D eigenvalue weighted by atomic mass is 10.1. The Morgan fingerprint density at radius 1 is 1.20 bits per heavy atom. The molecule has 0 unspecified atom stereocenters. The molecule has 0 aliphatic heterocycles. The van der Waals surface area contributed by atoms with Crippen LogP contribution in [-0.2, 0) is 18.9 Å². The number of alkyl halides is 3. The van der Waals surface area contributed by atoms with Crippen molar-refractivity contribution in [2.75, 3.05) is 0 Å². The number of nitrogens with zero attached hydrogens (tertiary/aromatic N) is 2. The lowest BCUT2D eigenvalue weighted by Crippen LogP contribution is -2.20. The van der Waals surface area contributed by atoms with Gasteiger partial charge in [0.1, 0.15) is 5.75 Å². The standard InChI is InChI=1S/C17H14Br2F2N2O2/c1-22-16(24)13-4-3-12(19)7-14(13)23(22)9-11-6-10(8-18)2-5-15(11)25-17(20)21/h2-7,17H,8-9H2,1H3. The van der Waals surface area contributed by atoms with Gasteiger partial charge in [-0.2, -0.15) is 8.78 Å². The van der Waals surface area contributed by atoms with Crippen molar-refractivity contribution >= 4 is 42.8 Å². The molecule has 8 heteroatoms. The molecule has 0 amide bonds. The van der Waals surface area contributed by atoms with E-state index in [-0.39, 0.29) is 17.9 Å². The van der Waals surface area contributed by atoms with Crippen molar-refractivity contribution in [1.82, 2.24) is 9.36 Å². The molecule has 132 valence electrons. The maximum atomic E-state index is 12.7. The fraction of sp³-hybridized carbons (Fsp3) is 0.235. The number of hydrogen-bond donors (Lipinski definition) is 0. The molecule has 3 aromatic rings. The fourth-order valence-electron chi connectivity index (χ4n) is 2.75. The van der Waals surface area contributed by atoms with Crippen LogP contribution in [0.15, 0.2) is 45.7 Å². The summed E-state index contributed by atoms with van der Waals surface area (Å²) in [5, 5.41) is 1.16. The molecule has 0 bridgehead atoms. The van der Waals surface area contributed by atoms with Gasteiger partial charge in [0, 0.05) is 22.4 Å². The van der Waals surface area contributed by atoms with E-state index < -0.39 is 6.61 Å². The van der Waals surface area contributed by atoms with E-state index in [9.17, 15) is 13.6 Å². The monoisotopic (exact) mass is 474 g/mol. The minimum Gasteiger partial charge on any atom is -0.434 e. The summed E-state index contributed by atoms with van der Waals surface area (Å²) in [5.74, 6) is 0.101. The number of aromatic nitrogens is 2. The van der Waals surface area contributed by atoms with Crippen molar-refractivity contribution in [3.05, 3.63) is 62.4 Å². The summed E-state index contributed by atoms with van der Waals surface area (Å²) in [6, 6.07) is 10.4. The first-order valence-corrected chi connectivity index (χ1v) is 9.29. The van der Waals surface area contributed by atoms with Gasteiger partial charge in [0.2, 0.25) is 0 Å². The van der Waals surface area contributed by atoms with Crippen molar-refractivity contribution in [1.29, 1.82) is 0 Å². The van der Waals surface area contributed by atoms with Crippen molar-refractivity contribution in [2.24, 2.45) is 7.05 Å². The summed E-state index contributed by atoms with van der Waals surface area (Å²) in [6.45, 7) is -2.68. The number of ether oxygens (including phenoxy) is 1. The average molecular weight is 476 g/mol. The van der Waals surface area contributed by atoms with Crippen LogP contribution in [-0.4, -0.2) is 16.0 Å². The highest BCUT2D eigenvalue weighted by molar-refractivity contribution is 9.10. The van der Waals surface area contributed by atoms with Crippen molar-refractivity contribution in [2.45, 2.75) is 18.5 Å². The van der Waals surface area contributed by atoms with Gasteiger partial charge >= 0.3 is 6.61 Å². The summed E-state index contributed by atoms with van der Waals surface area (Å²) < 4.78 is 34.1. The fourth-order valence-corrected chi connectivity index (χ4v) is 3.45. The van der Waals surface area contributed by atoms with E-state index in [0.29, 0.717) is 21.8 Å². The molecule has 0 aliphatic rings. The average Bonchev–Trinajstić information content (AvgIpc) is 2.80. The molecule has 3 rings (SSSR count). The second kappa shape index (κ2) is 7.29. The van der Waals surface area contributed by atoms with Crippen LogP contribution in [0.5, 0.6) is 5.75 Å². The van der Waals surface area contributed by atoms with E-state index in [1.807, 2.05) is 6.07 Å². The molecule has 25 heavy (non-hydrogen) atoms. The zero-order valence-electron chi connectivity index (χ0n) is 13.2. The summed E-state index contributed by atoms with van der Waals surface area (Å²) >= 11 is 6.76. The Morgan fingerprint density at radius 2 is 1.96 bits per heavy atom. The first-order valence-electron chi connectivity index (χ1n) is 7.38. The zero-order chi connectivity index (χ0) is 18.1. The Balaban J connectivity index is 2.14. The van der Waals surface area contributed by atoms with Gasteiger partial charge in [0.05, 0.1) is 17.4 Å². The normalized spacial score (nSPS) is 11.4. The Kier molecular flexibility index (Phi) is 5.29. The van der Waals surface area contributed by atoms with Crippen LogP contribution in [0, 0.1) is 0 Å². The first kappa shape index (κ1) is 18.1. The number of rotatable bonds is 5. The molecule has 0 aliphatic carbocycles. The Labute approximate surface area is 159 Å². The summed E-state index contributed by atoms with van der Waals surface area (Å²) in [6.07, 6.45) is 0. The van der Waals surface area contributed by atoms with Gasteiger partial charge in [-0.25, -0.2) is 0 Å². The largest absolute Gasteiger partial charge is 0.434 e. The van der Waals surface area contributed by atoms with Crippen LogP contribution in [0.2, 0.25) is 0 Å². The van der Waals surface area contributed by atoms with Gasteiger partial charge < -0.3 is 4.74 Å². The lowest BCUT2D eigenvalue weighted by molar-refractivity contribution is -0.0505. The third-order valence-corrected chi connectivity index (χ3v) is 5.08. The van der Waals surface area contributed by atoms with Crippen LogP contribution in [0.4, 0.5) is 8.78 Å². The third kappa shape index (κ3) is 3.64. The van der Waals surface area contributed by atoms with Crippen molar-refractivity contribution in [3.63, 3.8) is 0 Å². The Morgan fingerprint density at radius 3 is 2.64 bits per heavy atom. The molecular formula is C17H14Br2F2N2O2. The molecule has 0 radical (unpaired) electrons. The summed E-state index contributed by atoms with van der Waals surface area (Å²) in [5.41, 5.74) is 2.08. The quantitative estimate of drug-likeness (QED) is 0.503. The minimum atomic E-state index is -2.91. The predicted molar refractivity (Wildman–Crippen MR) is 99.7 cm³/mol. The van der Waals surface area contributed by atoms with Crippen LogP contribution in [0.25, 0.3) is 10.9 Å². The molecular weight excluding hydrogens is 462 g/mol. The molecule has 0 fully saturated rings. The van der Waals surface area contributed by atoms with Gasteiger partial charge in [-0.15, -0.1) is 0 Å². The Hall–Kier alpha value is -1.67. The van der Waals surface area contributed by atoms with Crippen molar-refractivity contribution < 1.29 is 13.5 Å². The SMILES string of the molecule is Cn1c(=O)c2ccc(Br)cc2n1Cc1cc(CBr)ccc1OC(F)F. The van der Waals surface area contributed by atoms with E-state index in [2.05, 4.69) is 36.6 Å². The highest BCUT2D eigenvalue weighted by Gasteiger charge is 2.15. The molecule has 1 heterocycles. The van der Waals surface area contributed by atoms with Gasteiger partial charge in [-0.05, 0) is 35.9 Å². The van der Waals surface area contributed by atoms with Crippen LogP contribution < -0.4 is 10.3 Å². The maximum Gasteiger partial charge on any atom is 0.387 e. The maximum absolute atomic E-state index is 12.7. The summed E-state index contributed by atoms with van der Waals surface area (Å²) in [4.78, 5) is 12.4. The van der Waals surface area contributed by atoms with Crippen LogP contribution in [0.3, 0.4) is 0 Å². The molecule has 0 atom stereocenters. The smallest absolute Gasteiger partial charge is 0.387 e. The van der Waals surface area contributed by atoms with E-state index in [0.717, 1.165) is 10.0 Å². The molecule has 1 aromatic heterocycles. The molecule has 0 spiro atoms. The van der Waals surface area contributed by atoms with E-state index >= 15 is 0 Å². The minimum absolute atomic E-state index is 0.101. The zero-order valence-corrected chi connectivity index (χ0v) is 16.4. The van der Waals surface area contributed by atoms with E-state index in [1.165, 1.54) is 10.7 Å². The highest BCUT2D eigenvalue weighted by Crippen LogP contribution is 2.26. The number of fused-ring (bicyclic) bond motifs is 1. The number of hydrogen-bond acceptors (Lipinski definition) is 2. The van der Waals surface area contributed by atoms with Gasteiger partial charge in [-0.3, -0.25) is 14.2 Å². The molecule has 0 saturated heterocycles. The summed E-state index contributed by atoms with van der Waals surface area (Å²) in [7, 11) is 1.65. The van der Waals surface area contributed by atoms with Crippen LogP contribution >= 0.6 is 31.9 Å². The van der Waals surface area contributed by atoms with Gasteiger partial charge in [0.25, 0.3) is 5.56 Å². The second-order valence-electron chi connectivity index (χ2n) is 5.50. The molecule has 0 N–H and O–H groups in total. The van der Waals surface area contributed by atoms with Crippen molar-refractivity contribution in [3.8, 4) is 5.75 Å². The molecule has 4 nitrogen and oxygen atoms in total. The van der Waals surface area contributed by atoms with E-state index in [4.69, 9.17) is 0 Å². The third-order valence-electron chi connectivity index (χ3n) is 3.94.